The third kappa shape index (κ3) is 2.43. The molecule has 0 N–H and O–H groups in total. The highest BCUT2D eigenvalue weighted by atomic mass is 127. The second-order valence-electron chi connectivity index (χ2n) is 3.19. The first-order valence-corrected chi connectivity index (χ1v) is 7.10. The molecule has 0 bridgehead atoms. The fraction of sp³-hybridized carbons (Fsp3) is 0.667. The minimum absolute atomic E-state index is 0.543. The molecule has 1 fully saturated rings. The Morgan fingerprint density at radius 3 is 2.83 bits per heavy atom. The molecule has 0 radical (unpaired) electrons. The zero-order valence-electron chi connectivity index (χ0n) is 6.97. The quantitative estimate of drug-likeness (QED) is 0.389. The monoisotopic (exact) mass is 389 g/mol. The van der Waals surface area contributed by atoms with Gasteiger partial charge in [-0.3, -0.25) is 4.99 Å². The summed E-state index contributed by atoms with van der Waals surface area (Å²) in [6, 6.07) is 0.585. The Bertz CT molecular complexity index is 191. The van der Waals surface area contributed by atoms with Crippen molar-refractivity contribution in [3.05, 3.63) is 12.7 Å². The maximum absolute atomic E-state index is 4.45. The highest BCUT2D eigenvalue weighted by Crippen LogP contribution is 2.52. The van der Waals surface area contributed by atoms with Crippen LogP contribution in [0.2, 0.25) is 0 Å². The van der Waals surface area contributed by atoms with Crippen molar-refractivity contribution in [3.8, 4) is 0 Å². The Morgan fingerprint density at radius 2 is 2.33 bits per heavy atom. The molecule has 1 rings (SSSR count). The van der Waals surface area contributed by atoms with Crippen LogP contribution in [0.3, 0.4) is 0 Å². The van der Waals surface area contributed by atoms with Crippen LogP contribution in [0.4, 0.5) is 0 Å². The maximum Gasteiger partial charge on any atom is 0.0570 e. The van der Waals surface area contributed by atoms with Gasteiger partial charge in [0.25, 0.3) is 0 Å². The molecule has 1 aliphatic rings. The van der Waals surface area contributed by atoms with Gasteiger partial charge in [0, 0.05) is 20.5 Å². The van der Waals surface area contributed by atoms with E-state index in [-0.39, 0.29) is 0 Å². The summed E-state index contributed by atoms with van der Waals surface area (Å²) in [5.41, 5.74) is 0.543. The Hall–Kier alpha value is 0.870. The summed E-state index contributed by atoms with van der Waals surface area (Å²) in [5, 5.41) is 0. The minimum atomic E-state index is 0.543. The van der Waals surface area contributed by atoms with Gasteiger partial charge in [-0.05, 0) is 12.8 Å². The van der Waals surface area contributed by atoms with Gasteiger partial charge in [0.05, 0.1) is 6.04 Å². The van der Waals surface area contributed by atoms with Crippen LogP contribution in [0, 0.1) is 5.41 Å². The average Bonchev–Trinajstić information content (AvgIpc) is 2.77. The summed E-state index contributed by atoms with van der Waals surface area (Å²) in [6.07, 6.45) is 6.20. The molecule has 2 atom stereocenters. The zero-order valence-corrected chi connectivity index (χ0v) is 11.3. The van der Waals surface area contributed by atoms with E-state index in [1.807, 2.05) is 6.21 Å². The maximum atomic E-state index is 4.45. The lowest BCUT2D eigenvalue weighted by Gasteiger charge is -2.08. The SMILES string of the molecule is C=CC=NC1CC1(CI)CCI. The van der Waals surface area contributed by atoms with Gasteiger partial charge in [0.2, 0.25) is 0 Å². The number of aliphatic imine (C=N–C) groups is 1. The summed E-state index contributed by atoms with van der Waals surface area (Å²) in [6.45, 7) is 3.63. The fourth-order valence-corrected chi connectivity index (χ4v) is 3.64. The van der Waals surface area contributed by atoms with Crippen molar-refractivity contribution < 1.29 is 0 Å². The molecular weight excluding hydrogens is 376 g/mol. The molecule has 0 aromatic carbocycles. The number of rotatable bonds is 5. The van der Waals surface area contributed by atoms with E-state index >= 15 is 0 Å². The number of hydrogen-bond acceptors (Lipinski definition) is 1. The molecule has 0 saturated heterocycles. The molecule has 1 aliphatic carbocycles. The highest BCUT2D eigenvalue weighted by Gasteiger charge is 2.52. The van der Waals surface area contributed by atoms with Crippen molar-refractivity contribution in [3.63, 3.8) is 0 Å². The third-order valence-electron chi connectivity index (χ3n) is 2.38. The second-order valence-corrected chi connectivity index (χ2v) is 5.03. The van der Waals surface area contributed by atoms with E-state index in [0.29, 0.717) is 11.5 Å². The Balaban J connectivity index is 2.43. The largest absolute Gasteiger partial charge is 0.289 e. The number of hydrogen-bond donors (Lipinski definition) is 0. The molecule has 3 heteroatoms. The van der Waals surface area contributed by atoms with E-state index in [0.717, 1.165) is 0 Å². The first kappa shape index (κ1) is 10.9. The van der Waals surface area contributed by atoms with Gasteiger partial charge in [0.1, 0.15) is 0 Å². The van der Waals surface area contributed by atoms with Crippen molar-refractivity contribution in [2.24, 2.45) is 10.4 Å². The predicted octanol–water partition coefficient (Wildman–Crippen LogP) is 3.26. The third-order valence-corrected chi connectivity index (χ3v) is 4.44. The normalized spacial score (nSPS) is 34.0. The average molecular weight is 389 g/mol. The van der Waals surface area contributed by atoms with Gasteiger partial charge >= 0.3 is 0 Å². The summed E-state index contributed by atoms with van der Waals surface area (Å²) >= 11 is 4.93. The van der Waals surface area contributed by atoms with Crippen LogP contribution in [0.1, 0.15) is 12.8 Å². The number of halogens is 2. The molecule has 0 aromatic heterocycles. The minimum Gasteiger partial charge on any atom is -0.289 e. The number of nitrogens with zero attached hydrogens (tertiary/aromatic N) is 1. The van der Waals surface area contributed by atoms with E-state index < -0.39 is 0 Å². The van der Waals surface area contributed by atoms with Crippen LogP contribution >= 0.6 is 45.2 Å². The van der Waals surface area contributed by atoms with Gasteiger partial charge in [-0.2, -0.15) is 0 Å². The van der Waals surface area contributed by atoms with Crippen molar-refractivity contribution in [2.45, 2.75) is 18.9 Å². The molecule has 0 heterocycles. The smallest absolute Gasteiger partial charge is 0.0570 e. The molecule has 0 aromatic rings. The Morgan fingerprint density at radius 1 is 1.58 bits per heavy atom. The first-order chi connectivity index (χ1) is 5.79. The lowest BCUT2D eigenvalue weighted by Crippen LogP contribution is -2.08. The van der Waals surface area contributed by atoms with Crippen molar-refractivity contribution in [1.29, 1.82) is 0 Å². The summed E-state index contributed by atoms with van der Waals surface area (Å²) in [4.78, 5) is 4.45. The molecule has 0 amide bonds. The predicted molar refractivity (Wildman–Crippen MR) is 71.9 cm³/mol. The van der Waals surface area contributed by atoms with Crippen LogP contribution in [0.25, 0.3) is 0 Å². The molecule has 2 unspecified atom stereocenters. The topological polar surface area (TPSA) is 12.4 Å². The van der Waals surface area contributed by atoms with Crippen LogP contribution in [0.5, 0.6) is 0 Å². The fourth-order valence-electron chi connectivity index (χ4n) is 1.37. The van der Waals surface area contributed by atoms with Gasteiger partial charge in [-0.15, -0.1) is 0 Å². The molecule has 1 nitrogen and oxygen atoms in total. The summed E-state index contributed by atoms with van der Waals surface area (Å²) in [7, 11) is 0. The summed E-state index contributed by atoms with van der Waals surface area (Å²) in [5.74, 6) is 0. The van der Waals surface area contributed by atoms with Gasteiger partial charge in [-0.25, -0.2) is 0 Å². The molecular formula is C9H13I2N. The Labute approximate surface area is 101 Å². The van der Waals surface area contributed by atoms with Crippen LogP contribution in [0.15, 0.2) is 17.6 Å². The highest BCUT2D eigenvalue weighted by molar-refractivity contribution is 14.1. The van der Waals surface area contributed by atoms with Crippen LogP contribution < -0.4 is 0 Å². The molecule has 0 spiro atoms. The molecule has 68 valence electrons. The van der Waals surface area contributed by atoms with E-state index in [1.54, 1.807) is 6.08 Å². The van der Waals surface area contributed by atoms with Crippen LogP contribution in [-0.2, 0) is 0 Å². The number of allylic oxidation sites excluding steroid dienone is 1. The van der Waals surface area contributed by atoms with Crippen molar-refractivity contribution in [2.75, 3.05) is 8.86 Å². The molecule has 0 aliphatic heterocycles. The second kappa shape index (κ2) is 4.93. The lowest BCUT2D eigenvalue weighted by atomic mass is 10.1. The van der Waals surface area contributed by atoms with Gasteiger partial charge in [-0.1, -0.05) is 57.8 Å². The first-order valence-electron chi connectivity index (χ1n) is 4.05. The van der Waals surface area contributed by atoms with E-state index in [1.165, 1.54) is 21.7 Å². The van der Waals surface area contributed by atoms with Gasteiger partial charge < -0.3 is 0 Å². The van der Waals surface area contributed by atoms with E-state index in [4.69, 9.17) is 0 Å². The van der Waals surface area contributed by atoms with E-state index in [9.17, 15) is 0 Å². The Kier molecular flexibility index (Phi) is 4.50. The lowest BCUT2D eigenvalue weighted by molar-refractivity contribution is 0.556. The molecule has 1 saturated carbocycles. The molecule has 12 heavy (non-hydrogen) atoms. The zero-order chi connectivity index (χ0) is 9.03. The van der Waals surface area contributed by atoms with Gasteiger partial charge in [0.15, 0.2) is 0 Å². The van der Waals surface area contributed by atoms with Crippen molar-refractivity contribution in [1.82, 2.24) is 0 Å². The standard InChI is InChI=1S/C9H13I2N/c1-2-5-12-8-6-9(8,7-11)3-4-10/h2,5,8H,1,3-4,6-7H2. The summed E-state index contributed by atoms with van der Waals surface area (Å²) < 4.78 is 2.49. The number of alkyl halides is 2. The van der Waals surface area contributed by atoms with E-state index in [2.05, 4.69) is 56.8 Å². The van der Waals surface area contributed by atoms with Crippen molar-refractivity contribution >= 4 is 51.4 Å². The van der Waals surface area contributed by atoms with Crippen LogP contribution in [-0.4, -0.2) is 21.1 Å².